The van der Waals surface area contributed by atoms with E-state index in [1.807, 2.05) is 55.1 Å². The molecule has 0 saturated carbocycles. The van der Waals surface area contributed by atoms with Gasteiger partial charge in [0, 0.05) is 19.3 Å². The van der Waals surface area contributed by atoms with Crippen LogP contribution in [0.1, 0.15) is 42.6 Å². The molecule has 6 nitrogen and oxygen atoms in total. The fraction of sp³-hybridized carbons (Fsp3) is 0.292. The van der Waals surface area contributed by atoms with Crippen LogP contribution in [0.15, 0.2) is 66.4 Å². The molecule has 0 aliphatic heterocycles. The topological polar surface area (TPSA) is 82.4 Å². The number of hydrogen-bond acceptors (Lipinski definition) is 5. The number of hydrogen-bond donors (Lipinski definition) is 1. The van der Waals surface area contributed by atoms with Crippen LogP contribution in [0.3, 0.4) is 0 Å². The average Bonchev–Trinajstić information content (AvgIpc) is 2.77. The maximum Gasteiger partial charge on any atom is 0.340 e. The molecule has 6 heteroatoms. The molecule has 2 aromatic carbocycles. The Morgan fingerprint density at radius 3 is 2.47 bits per heavy atom. The van der Waals surface area contributed by atoms with Gasteiger partial charge in [-0.05, 0) is 31.0 Å². The molecule has 1 amide bonds. The Kier molecular flexibility index (Phi) is 9.14. The molecule has 0 aromatic heterocycles. The normalized spacial score (nSPS) is 10.8. The van der Waals surface area contributed by atoms with Crippen LogP contribution in [0.2, 0.25) is 0 Å². The highest BCUT2D eigenvalue weighted by molar-refractivity contribution is 6.09. The quantitative estimate of drug-likeness (QED) is 0.272. The standard InChI is InChI=1S/C24H27N3O3/c1-3-5-15-30-24(29)21-13-9-10-14-22(21)26-23(28)20(16-25)18-27(4-2)17-19-11-7-6-8-12-19/h6-14,18H,3-5,15,17H2,1-2H3,(H,26,28)/b20-18-. The summed E-state index contributed by atoms with van der Waals surface area (Å²) >= 11 is 0. The number of nitriles is 1. The van der Waals surface area contributed by atoms with Gasteiger partial charge in [0.2, 0.25) is 0 Å². The van der Waals surface area contributed by atoms with E-state index >= 15 is 0 Å². The largest absolute Gasteiger partial charge is 0.462 e. The van der Waals surface area contributed by atoms with Crippen molar-refractivity contribution in [1.82, 2.24) is 4.90 Å². The summed E-state index contributed by atoms with van der Waals surface area (Å²) in [6.45, 7) is 5.50. The minimum Gasteiger partial charge on any atom is -0.462 e. The summed E-state index contributed by atoms with van der Waals surface area (Å²) < 4.78 is 5.25. The van der Waals surface area contributed by atoms with Crippen molar-refractivity contribution < 1.29 is 14.3 Å². The van der Waals surface area contributed by atoms with Crippen LogP contribution < -0.4 is 5.32 Å². The highest BCUT2D eigenvalue weighted by atomic mass is 16.5. The maximum absolute atomic E-state index is 12.7. The molecule has 0 unspecified atom stereocenters. The van der Waals surface area contributed by atoms with E-state index in [0.717, 1.165) is 18.4 Å². The smallest absolute Gasteiger partial charge is 0.340 e. The van der Waals surface area contributed by atoms with E-state index in [9.17, 15) is 14.9 Å². The Morgan fingerprint density at radius 1 is 1.10 bits per heavy atom. The average molecular weight is 405 g/mol. The number of anilines is 1. The van der Waals surface area contributed by atoms with E-state index in [0.29, 0.717) is 25.4 Å². The monoisotopic (exact) mass is 405 g/mol. The van der Waals surface area contributed by atoms with Crippen LogP contribution in [-0.2, 0) is 16.1 Å². The molecular weight excluding hydrogens is 378 g/mol. The van der Waals surface area contributed by atoms with Gasteiger partial charge in [-0.15, -0.1) is 0 Å². The molecular formula is C24H27N3O3. The molecule has 1 N–H and O–H groups in total. The summed E-state index contributed by atoms with van der Waals surface area (Å²) in [7, 11) is 0. The van der Waals surface area contributed by atoms with E-state index in [1.165, 1.54) is 0 Å². The van der Waals surface area contributed by atoms with E-state index in [1.54, 1.807) is 30.5 Å². The number of esters is 1. The zero-order valence-electron chi connectivity index (χ0n) is 17.4. The number of nitrogens with one attached hydrogen (secondary N) is 1. The second-order valence-electron chi connectivity index (χ2n) is 6.69. The molecule has 0 saturated heterocycles. The lowest BCUT2D eigenvalue weighted by Gasteiger charge is -2.19. The third kappa shape index (κ3) is 6.78. The van der Waals surface area contributed by atoms with Crippen molar-refractivity contribution >= 4 is 17.6 Å². The first-order valence-electron chi connectivity index (χ1n) is 10.1. The summed E-state index contributed by atoms with van der Waals surface area (Å²) in [6.07, 6.45) is 3.24. The van der Waals surface area contributed by atoms with Crippen molar-refractivity contribution in [2.24, 2.45) is 0 Å². The molecule has 156 valence electrons. The van der Waals surface area contributed by atoms with Crippen molar-refractivity contribution in [2.45, 2.75) is 33.2 Å². The van der Waals surface area contributed by atoms with Crippen molar-refractivity contribution in [3.05, 3.63) is 77.5 Å². The SMILES string of the molecule is CCCCOC(=O)c1ccccc1NC(=O)/C(C#N)=C\N(CC)Cc1ccccc1. The van der Waals surface area contributed by atoms with Gasteiger partial charge in [0.05, 0.1) is 17.9 Å². The summed E-state index contributed by atoms with van der Waals surface area (Å²) in [6, 6.07) is 18.4. The first kappa shape index (κ1) is 22.7. The molecule has 0 bridgehead atoms. The minimum absolute atomic E-state index is 0.0399. The van der Waals surface area contributed by atoms with Gasteiger partial charge in [-0.25, -0.2) is 4.79 Å². The third-order valence-corrected chi connectivity index (χ3v) is 4.44. The number of benzene rings is 2. The van der Waals surface area contributed by atoms with Gasteiger partial charge in [-0.3, -0.25) is 4.79 Å². The molecule has 2 aromatic rings. The summed E-state index contributed by atoms with van der Waals surface area (Å²) in [5.41, 5.74) is 1.61. The van der Waals surface area contributed by atoms with Crippen LogP contribution in [0.25, 0.3) is 0 Å². The van der Waals surface area contributed by atoms with E-state index < -0.39 is 11.9 Å². The van der Waals surface area contributed by atoms with E-state index in [2.05, 4.69) is 5.32 Å². The number of amides is 1. The Labute approximate surface area is 177 Å². The summed E-state index contributed by atoms with van der Waals surface area (Å²) in [5.74, 6) is -1.07. The number of ether oxygens (including phenoxy) is 1. The van der Waals surface area contributed by atoms with Crippen LogP contribution in [0.4, 0.5) is 5.69 Å². The van der Waals surface area contributed by atoms with E-state index in [4.69, 9.17) is 4.74 Å². The van der Waals surface area contributed by atoms with Crippen molar-refractivity contribution in [1.29, 1.82) is 5.26 Å². The summed E-state index contributed by atoms with van der Waals surface area (Å²) in [5, 5.41) is 12.2. The first-order chi connectivity index (χ1) is 14.6. The highest BCUT2D eigenvalue weighted by Gasteiger charge is 2.17. The van der Waals surface area contributed by atoms with Crippen molar-refractivity contribution in [3.8, 4) is 6.07 Å². The molecule has 2 rings (SSSR count). The fourth-order valence-corrected chi connectivity index (χ4v) is 2.73. The molecule has 0 aliphatic rings. The van der Waals surface area contributed by atoms with Crippen LogP contribution in [0, 0.1) is 11.3 Å². The van der Waals surface area contributed by atoms with Gasteiger partial charge in [0.15, 0.2) is 0 Å². The lowest BCUT2D eigenvalue weighted by Crippen LogP contribution is -2.22. The lowest BCUT2D eigenvalue weighted by atomic mass is 10.1. The maximum atomic E-state index is 12.7. The number of carbonyl (C=O) groups is 2. The predicted octanol–water partition coefficient (Wildman–Crippen LogP) is 4.51. The lowest BCUT2D eigenvalue weighted by molar-refractivity contribution is -0.112. The second-order valence-corrected chi connectivity index (χ2v) is 6.69. The molecule has 0 heterocycles. The molecule has 0 atom stereocenters. The van der Waals surface area contributed by atoms with Gasteiger partial charge in [-0.2, -0.15) is 5.26 Å². The van der Waals surface area contributed by atoms with Crippen molar-refractivity contribution in [2.75, 3.05) is 18.5 Å². The molecule has 0 radical (unpaired) electrons. The van der Waals surface area contributed by atoms with Gasteiger partial charge < -0.3 is 15.0 Å². The molecule has 0 aliphatic carbocycles. The zero-order valence-corrected chi connectivity index (χ0v) is 17.4. The van der Waals surface area contributed by atoms with Crippen molar-refractivity contribution in [3.63, 3.8) is 0 Å². The third-order valence-electron chi connectivity index (χ3n) is 4.44. The molecule has 0 fully saturated rings. The van der Waals surface area contributed by atoms with E-state index in [-0.39, 0.29) is 11.1 Å². The Hall–Kier alpha value is -3.59. The van der Waals surface area contributed by atoms with Crippen LogP contribution in [-0.4, -0.2) is 29.9 Å². The molecule has 30 heavy (non-hydrogen) atoms. The number of carbonyl (C=O) groups excluding carboxylic acids is 2. The van der Waals surface area contributed by atoms with Gasteiger partial charge >= 0.3 is 5.97 Å². The Morgan fingerprint density at radius 2 is 1.80 bits per heavy atom. The first-order valence-corrected chi connectivity index (χ1v) is 10.1. The fourth-order valence-electron chi connectivity index (χ4n) is 2.73. The number of para-hydroxylation sites is 1. The number of nitrogens with zero attached hydrogens (tertiary/aromatic N) is 2. The second kappa shape index (κ2) is 12.1. The van der Waals surface area contributed by atoms with Gasteiger partial charge in [0.25, 0.3) is 5.91 Å². The Balaban J connectivity index is 2.14. The number of unbranched alkanes of at least 4 members (excludes halogenated alkanes) is 1. The van der Waals surface area contributed by atoms with Gasteiger partial charge in [0.1, 0.15) is 11.6 Å². The minimum atomic E-state index is -0.571. The van der Waals surface area contributed by atoms with Crippen LogP contribution in [0.5, 0.6) is 0 Å². The molecule has 0 spiro atoms. The highest BCUT2D eigenvalue weighted by Crippen LogP contribution is 2.18. The van der Waals surface area contributed by atoms with Crippen LogP contribution >= 0.6 is 0 Å². The Bertz CT molecular complexity index is 917. The number of rotatable bonds is 10. The zero-order chi connectivity index (χ0) is 21.8. The van der Waals surface area contributed by atoms with Gasteiger partial charge in [-0.1, -0.05) is 55.8 Å². The summed E-state index contributed by atoms with van der Waals surface area (Å²) in [4.78, 5) is 26.9. The predicted molar refractivity (Wildman–Crippen MR) is 116 cm³/mol.